The smallest absolute Gasteiger partial charge is 0.344 e. The number of hydrogen-bond acceptors (Lipinski definition) is 8. The fraction of sp³-hybridized carbons (Fsp3) is 0.143. The first-order chi connectivity index (χ1) is 14.1. The molecule has 5 rings (SSSR count). The number of benzene rings is 2. The highest BCUT2D eigenvalue weighted by molar-refractivity contribution is 5.86. The summed E-state index contributed by atoms with van der Waals surface area (Å²) in [5.74, 6) is 0.724. The zero-order chi connectivity index (χ0) is 20.1. The van der Waals surface area contributed by atoms with E-state index in [1.807, 2.05) is 0 Å². The molecular formula is C21H14N2O6. The number of allylic oxidation sites excluding steroid dienone is 1. The first-order valence-corrected chi connectivity index (χ1v) is 8.73. The molecule has 3 heterocycles. The highest BCUT2D eigenvalue weighted by Gasteiger charge is 2.37. The second kappa shape index (κ2) is 6.21. The predicted molar refractivity (Wildman–Crippen MR) is 101 cm³/mol. The van der Waals surface area contributed by atoms with Crippen LogP contribution in [0.3, 0.4) is 0 Å². The Kier molecular flexibility index (Phi) is 3.64. The molecule has 0 aliphatic carbocycles. The molecule has 1 aromatic heterocycles. The van der Waals surface area contributed by atoms with Crippen molar-refractivity contribution >= 4 is 11.0 Å². The molecule has 2 aliphatic heterocycles. The largest absolute Gasteiger partial charge is 0.493 e. The SMILES string of the molecule is COc1cc([C@@H]2C(C#N)=C(N)Oc3c2c(=O)oc2ccccc32)cc2c1OCO2. The minimum Gasteiger partial charge on any atom is -0.493 e. The molecule has 8 heteroatoms. The van der Waals surface area contributed by atoms with Crippen molar-refractivity contribution in [3.05, 3.63) is 69.4 Å². The van der Waals surface area contributed by atoms with E-state index in [-0.39, 0.29) is 29.6 Å². The van der Waals surface area contributed by atoms with Gasteiger partial charge in [-0.15, -0.1) is 0 Å². The first kappa shape index (κ1) is 17.0. The van der Waals surface area contributed by atoms with Crippen LogP contribution in [-0.4, -0.2) is 13.9 Å². The van der Waals surface area contributed by atoms with Gasteiger partial charge < -0.3 is 29.1 Å². The van der Waals surface area contributed by atoms with Crippen LogP contribution in [0.5, 0.6) is 23.0 Å². The van der Waals surface area contributed by atoms with Gasteiger partial charge in [-0.25, -0.2) is 4.79 Å². The Morgan fingerprint density at radius 3 is 2.83 bits per heavy atom. The van der Waals surface area contributed by atoms with Crippen molar-refractivity contribution in [2.75, 3.05) is 13.9 Å². The van der Waals surface area contributed by atoms with Gasteiger partial charge in [0, 0.05) is 0 Å². The predicted octanol–water partition coefficient (Wildman–Crippen LogP) is 2.75. The van der Waals surface area contributed by atoms with Crippen LogP contribution >= 0.6 is 0 Å². The van der Waals surface area contributed by atoms with Gasteiger partial charge >= 0.3 is 5.63 Å². The Morgan fingerprint density at radius 1 is 1.21 bits per heavy atom. The van der Waals surface area contributed by atoms with Crippen molar-refractivity contribution in [2.45, 2.75) is 5.92 Å². The van der Waals surface area contributed by atoms with Crippen LogP contribution in [0.4, 0.5) is 0 Å². The lowest BCUT2D eigenvalue weighted by Crippen LogP contribution is -2.26. The molecule has 2 aliphatic rings. The van der Waals surface area contributed by atoms with E-state index < -0.39 is 11.5 Å². The standard InChI is InChI=1S/C21H14N2O6/c1-25-14-6-10(7-15-19(14)27-9-26-15)16-12(8-22)20(23)29-18-11-4-2-3-5-13(11)28-21(24)17(16)18/h2-7,16H,9,23H2,1H3/t16-/m1/s1. The monoisotopic (exact) mass is 390 g/mol. The number of fused-ring (bicyclic) bond motifs is 4. The average molecular weight is 390 g/mol. The van der Waals surface area contributed by atoms with E-state index in [2.05, 4.69) is 6.07 Å². The van der Waals surface area contributed by atoms with E-state index >= 15 is 0 Å². The van der Waals surface area contributed by atoms with Gasteiger partial charge in [-0.2, -0.15) is 5.26 Å². The molecular weight excluding hydrogens is 376 g/mol. The van der Waals surface area contributed by atoms with Gasteiger partial charge in [0.1, 0.15) is 17.2 Å². The van der Waals surface area contributed by atoms with Gasteiger partial charge in [0.25, 0.3) is 0 Å². The molecule has 29 heavy (non-hydrogen) atoms. The second-order valence-corrected chi connectivity index (χ2v) is 6.51. The quantitative estimate of drug-likeness (QED) is 0.664. The average Bonchev–Trinajstić information content (AvgIpc) is 3.21. The van der Waals surface area contributed by atoms with Crippen LogP contribution in [-0.2, 0) is 0 Å². The summed E-state index contributed by atoms with van der Waals surface area (Å²) in [6, 6.07) is 12.4. The maximum Gasteiger partial charge on any atom is 0.344 e. The Bertz CT molecular complexity index is 1300. The second-order valence-electron chi connectivity index (χ2n) is 6.51. The summed E-state index contributed by atoms with van der Waals surface area (Å²) in [5.41, 5.74) is 6.68. The summed E-state index contributed by atoms with van der Waals surface area (Å²) in [4.78, 5) is 12.9. The number of ether oxygens (including phenoxy) is 4. The molecule has 1 atom stereocenters. The van der Waals surface area contributed by atoms with Crippen LogP contribution in [0, 0.1) is 11.3 Å². The van der Waals surface area contributed by atoms with E-state index in [0.717, 1.165) is 0 Å². The topological polar surface area (TPSA) is 117 Å². The summed E-state index contributed by atoms with van der Waals surface area (Å²) >= 11 is 0. The molecule has 0 bridgehead atoms. The maximum absolute atomic E-state index is 12.9. The van der Waals surface area contributed by atoms with E-state index in [9.17, 15) is 10.1 Å². The van der Waals surface area contributed by atoms with E-state index in [1.165, 1.54) is 7.11 Å². The molecule has 0 saturated carbocycles. The molecule has 2 N–H and O–H groups in total. The van der Waals surface area contributed by atoms with Crippen LogP contribution in [0.2, 0.25) is 0 Å². The van der Waals surface area contributed by atoms with E-state index in [1.54, 1.807) is 36.4 Å². The lowest BCUT2D eigenvalue weighted by molar-refractivity contribution is 0.171. The summed E-state index contributed by atoms with van der Waals surface area (Å²) < 4.78 is 27.5. The highest BCUT2D eigenvalue weighted by atomic mass is 16.7. The van der Waals surface area contributed by atoms with Crippen molar-refractivity contribution in [1.82, 2.24) is 0 Å². The molecule has 0 unspecified atom stereocenters. The lowest BCUT2D eigenvalue weighted by atomic mass is 9.83. The van der Waals surface area contributed by atoms with Gasteiger partial charge in [0.15, 0.2) is 17.2 Å². The third-order valence-corrected chi connectivity index (χ3v) is 4.99. The number of rotatable bonds is 2. The van der Waals surface area contributed by atoms with Crippen molar-refractivity contribution < 1.29 is 23.4 Å². The minimum atomic E-state index is -0.812. The number of nitriles is 1. The molecule has 0 radical (unpaired) electrons. The number of methoxy groups -OCH3 is 1. The molecule has 0 spiro atoms. The van der Waals surface area contributed by atoms with Gasteiger partial charge in [-0.3, -0.25) is 0 Å². The Labute approximate surface area is 164 Å². The maximum atomic E-state index is 12.9. The van der Waals surface area contributed by atoms with Crippen molar-refractivity contribution in [1.29, 1.82) is 5.26 Å². The van der Waals surface area contributed by atoms with Crippen LogP contribution in [0.1, 0.15) is 17.0 Å². The molecule has 0 amide bonds. The number of hydrogen-bond donors (Lipinski definition) is 1. The Hall–Kier alpha value is -4.12. The van der Waals surface area contributed by atoms with Gasteiger partial charge in [0.05, 0.1) is 24.0 Å². The van der Waals surface area contributed by atoms with Crippen LogP contribution < -0.4 is 30.3 Å². The third-order valence-electron chi connectivity index (χ3n) is 4.99. The van der Waals surface area contributed by atoms with Crippen molar-refractivity contribution in [3.63, 3.8) is 0 Å². The van der Waals surface area contributed by atoms with Crippen molar-refractivity contribution in [2.24, 2.45) is 5.73 Å². The first-order valence-electron chi connectivity index (χ1n) is 8.73. The number of nitrogens with two attached hydrogens (primary N) is 1. The Morgan fingerprint density at radius 2 is 2.03 bits per heavy atom. The van der Waals surface area contributed by atoms with Crippen molar-refractivity contribution in [3.8, 4) is 29.1 Å². The molecule has 144 valence electrons. The van der Waals surface area contributed by atoms with E-state index in [0.29, 0.717) is 33.8 Å². The lowest BCUT2D eigenvalue weighted by Gasteiger charge is -2.26. The summed E-state index contributed by atoms with van der Waals surface area (Å²) in [5, 5.41) is 10.3. The zero-order valence-electron chi connectivity index (χ0n) is 15.2. The highest BCUT2D eigenvalue weighted by Crippen LogP contribution is 2.48. The summed E-state index contributed by atoms with van der Waals surface area (Å²) in [6.07, 6.45) is 0. The van der Waals surface area contributed by atoms with E-state index in [4.69, 9.17) is 29.1 Å². The van der Waals surface area contributed by atoms with Crippen LogP contribution in [0.25, 0.3) is 11.0 Å². The fourth-order valence-corrected chi connectivity index (χ4v) is 3.72. The molecule has 3 aromatic rings. The van der Waals surface area contributed by atoms with Crippen LogP contribution in [0.15, 0.2) is 57.1 Å². The summed E-state index contributed by atoms with van der Waals surface area (Å²) in [7, 11) is 1.50. The molecule has 2 aromatic carbocycles. The minimum absolute atomic E-state index is 0.0510. The third kappa shape index (κ3) is 2.41. The van der Waals surface area contributed by atoms with Gasteiger partial charge in [-0.05, 0) is 29.8 Å². The van der Waals surface area contributed by atoms with Gasteiger partial charge in [-0.1, -0.05) is 12.1 Å². The molecule has 0 saturated heterocycles. The molecule has 0 fully saturated rings. The zero-order valence-corrected chi connectivity index (χ0v) is 15.2. The normalized spacial score (nSPS) is 16.9. The number of para-hydroxylation sites is 1. The Balaban J connectivity index is 1.83. The molecule has 8 nitrogen and oxygen atoms in total. The number of nitrogens with zero attached hydrogens (tertiary/aromatic N) is 1. The fourth-order valence-electron chi connectivity index (χ4n) is 3.72. The summed E-state index contributed by atoms with van der Waals surface area (Å²) in [6.45, 7) is 0.0510. The van der Waals surface area contributed by atoms with Gasteiger partial charge in [0.2, 0.25) is 18.4 Å².